The molecule has 5 heteroatoms. The molecule has 0 saturated carbocycles. The summed E-state index contributed by atoms with van der Waals surface area (Å²) in [6, 6.07) is 0. The predicted molar refractivity (Wildman–Crippen MR) is 49.3 cm³/mol. The Hall–Kier alpha value is -1.07. The molecule has 5 nitrogen and oxygen atoms in total. The molecule has 0 unspecified atom stereocenters. The van der Waals surface area contributed by atoms with Crippen LogP contribution in [0.5, 0.6) is 0 Å². The third kappa shape index (κ3) is 1.40. The summed E-state index contributed by atoms with van der Waals surface area (Å²) in [5.74, 6) is 0. The van der Waals surface area contributed by atoms with Crippen LogP contribution in [0.25, 0.3) is 0 Å². The number of rotatable bonds is 3. The van der Waals surface area contributed by atoms with E-state index in [1.807, 2.05) is 0 Å². The van der Waals surface area contributed by atoms with Crippen molar-refractivity contribution in [1.29, 1.82) is 0 Å². The lowest BCUT2D eigenvalue weighted by Crippen LogP contribution is -2.22. The number of fused-ring (bicyclic) bond motifs is 1. The van der Waals surface area contributed by atoms with Gasteiger partial charge in [0.05, 0.1) is 11.3 Å². The fourth-order valence-corrected chi connectivity index (χ4v) is 1.62. The van der Waals surface area contributed by atoms with Gasteiger partial charge in [0.15, 0.2) is 0 Å². The minimum atomic E-state index is 0.105. The average Bonchev–Trinajstić information content (AvgIpc) is 2.67. The molecule has 13 heavy (non-hydrogen) atoms. The van der Waals surface area contributed by atoms with Crippen LogP contribution in [0, 0.1) is 0 Å². The summed E-state index contributed by atoms with van der Waals surface area (Å²) in [5.41, 5.74) is 7.40. The fourth-order valence-electron chi connectivity index (χ4n) is 1.62. The van der Waals surface area contributed by atoms with Crippen LogP contribution in [0.15, 0.2) is 4.79 Å². The Bertz CT molecular complexity index is 352. The summed E-state index contributed by atoms with van der Waals surface area (Å²) in [5, 5.41) is 6.21. The lowest BCUT2D eigenvalue weighted by molar-refractivity contribution is 0.553. The first-order valence-electron chi connectivity index (χ1n) is 4.54. The van der Waals surface area contributed by atoms with Crippen molar-refractivity contribution in [2.75, 3.05) is 6.54 Å². The molecule has 0 bridgehead atoms. The molecule has 1 aliphatic heterocycles. The molecule has 4 N–H and O–H groups in total. The van der Waals surface area contributed by atoms with Gasteiger partial charge in [0, 0.05) is 19.6 Å². The summed E-state index contributed by atoms with van der Waals surface area (Å²) < 4.78 is 1.65. The Balaban J connectivity index is 2.24. The maximum Gasteiger partial charge on any atom is 0.271 e. The van der Waals surface area contributed by atoms with Crippen LogP contribution in [-0.4, -0.2) is 16.3 Å². The molecule has 0 saturated heterocycles. The quantitative estimate of drug-likeness (QED) is 0.568. The zero-order valence-corrected chi connectivity index (χ0v) is 7.47. The summed E-state index contributed by atoms with van der Waals surface area (Å²) in [6.07, 6.45) is 0.840. The Kier molecular flexibility index (Phi) is 2.20. The SMILES string of the molecule is NCCCn1[nH]c2c(c1=O)CNC2. The van der Waals surface area contributed by atoms with E-state index < -0.39 is 0 Å². The Morgan fingerprint density at radius 3 is 3.00 bits per heavy atom. The molecular formula is C8H14N4O. The molecule has 0 spiro atoms. The second kappa shape index (κ2) is 3.35. The molecule has 0 amide bonds. The van der Waals surface area contributed by atoms with Crippen molar-refractivity contribution < 1.29 is 0 Å². The molecule has 0 aliphatic carbocycles. The van der Waals surface area contributed by atoms with Gasteiger partial charge in [-0.1, -0.05) is 0 Å². The number of hydrogen-bond donors (Lipinski definition) is 3. The van der Waals surface area contributed by atoms with E-state index in [0.717, 1.165) is 24.2 Å². The highest BCUT2D eigenvalue weighted by atomic mass is 16.1. The van der Waals surface area contributed by atoms with Crippen molar-refractivity contribution in [3.63, 3.8) is 0 Å². The third-order valence-electron chi connectivity index (χ3n) is 2.33. The van der Waals surface area contributed by atoms with Crippen molar-refractivity contribution in [3.05, 3.63) is 21.6 Å². The van der Waals surface area contributed by atoms with Crippen LogP contribution < -0.4 is 16.6 Å². The van der Waals surface area contributed by atoms with Gasteiger partial charge >= 0.3 is 0 Å². The highest BCUT2D eigenvalue weighted by Crippen LogP contribution is 2.07. The Morgan fingerprint density at radius 1 is 1.46 bits per heavy atom. The highest BCUT2D eigenvalue weighted by Gasteiger charge is 2.17. The molecule has 0 atom stereocenters. The molecule has 0 radical (unpaired) electrons. The molecule has 0 fully saturated rings. The third-order valence-corrected chi connectivity index (χ3v) is 2.33. The van der Waals surface area contributed by atoms with E-state index in [2.05, 4.69) is 10.4 Å². The van der Waals surface area contributed by atoms with E-state index >= 15 is 0 Å². The number of nitrogens with two attached hydrogens (primary N) is 1. The van der Waals surface area contributed by atoms with Crippen LogP contribution in [0.3, 0.4) is 0 Å². The summed E-state index contributed by atoms with van der Waals surface area (Å²) in [7, 11) is 0. The molecule has 1 aromatic heterocycles. The van der Waals surface area contributed by atoms with Crippen LogP contribution in [0.4, 0.5) is 0 Å². The van der Waals surface area contributed by atoms with E-state index in [1.165, 1.54) is 0 Å². The lowest BCUT2D eigenvalue weighted by atomic mass is 10.3. The highest BCUT2D eigenvalue weighted by molar-refractivity contribution is 5.20. The minimum absolute atomic E-state index is 0.105. The van der Waals surface area contributed by atoms with Crippen LogP contribution >= 0.6 is 0 Å². The van der Waals surface area contributed by atoms with Crippen molar-refractivity contribution in [2.24, 2.45) is 5.73 Å². The molecule has 2 rings (SSSR count). The standard InChI is InChI=1S/C8H14N4O/c9-2-1-3-12-8(13)6-4-10-5-7(6)11-12/h10-11H,1-5,9H2. The van der Waals surface area contributed by atoms with Crippen molar-refractivity contribution in [1.82, 2.24) is 15.1 Å². The van der Waals surface area contributed by atoms with Crippen LogP contribution in [0.1, 0.15) is 17.7 Å². The number of aryl methyl sites for hydroxylation is 1. The zero-order valence-electron chi connectivity index (χ0n) is 7.47. The van der Waals surface area contributed by atoms with E-state index in [4.69, 9.17) is 5.73 Å². The molecular weight excluding hydrogens is 168 g/mol. The van der Waals surface area contributed by atoms with E-state index in [0.29, 0.717) is 19.6 Å². The van der Waals surface area contributed by atoms with E-state index in [9.17, 15) is 4.79 Å². The fraction of sp³-hybridized carbons (Fsp3) is 0.625. The number of aromatic amines is 1. The Labute approximate surface area is 75.9 Å². The monoisotopic (exact) mass is 182 g/mol. The van der Waals surface area contributed by atoms with Crippen molar-refractivity contribution >= 4 is 0 Å². The van der Waals surface area contributed by atoms with Gasteiger partial charge in [0.25, 0.3) is 5.56 Å². The van der Waals surface area contributed by atoms with Gasteiger partial charge in [0.1, 0.15) is 0 Å². The number of hydrogen-bond acceptors (Lipinski definition) is 3. The van der Waals surface area contributed by atoms with Crippen LogP contribution in [0.2, 0.25) is 0 Å². The Morgan fingerprint density at radius 2 is 2.31 bits per heavy atom. The van der Waals surface area contributed by atoms with Gasteiger partial charge < -0.3 is 11.1 Å². The molecule has 2 heterocycles. The van der Waals surface area contributed by atoms with E-state index in [1.54, 1.807) is 4.68 Å². The normalized spacial score (nSPS) is 14.8. The number of nitrogens with zero attached hydrogens (tertiary/aromatic N) is 1. The maximum absolute atomic E-state index is 11.6. The molecule has 1 aliphatic rings. The summed E-state index contributed by atoms with van der Waals surface area (Å²) >= 11 is 0. The number of H-pyrrole nitrogens is 1. The maximum atomic E-state index is 11.6. The van der Waals surface area contributed by atoms with Crippen molar-refractivity contribution in [2.45, 2.75) is 26.1 Å². The smallest absolute Gasteiger partial charge is 0.271 e. The summed E-state index contributed by atoms with van der Waals surface area (Å²) in [6.45, 7) is 2.79. The van der Waals surface area contributed by atoms with Gasteiger partial charge in [-0.2, -0.15) is 0 Å². The van der Waals surface area contributed by atoms with Crippen molar-refractivity contribution in [3.8, 4) is 0 Å². The first kappa shape index (κ1) is 8.52. The largest absolute Gasteiger partial charge is 0.330 e. The lowest BCUT2D eigenvalue weighted by Gasteiger charge is -1.99. The second-order valence-electron chi connectivity index (χ2n) is 3.27. The zero-order chi connectivity index (χ0) is 9.26. The first-order valence-corrected chi connectivity index (χ1v) is 4.54. The van der Waals surface area contributed by atoms with Gasteiger partial charge in [-0.3, -0.25) is 14.6 Å². The number of aromatic nitrogens is 2. The molecule has 1 aromatic rings. The predicted octanol–water partition coefficient (Wildman–Crippen LogP) is -0.872. The van der Waals surface area contributed by atoms with Gasteiger partial charge in [-0.15, -0.1) is 0 Å². The summed E-state index contributed by atoms with van der Waals surface area (Å²) in [4.78, 5) is 11.6. The average molecular weight is 182 g/mol. The number of nitrogens with one attached hydrogen (secondary N) is 2. The van der Waals surface area contributed by atoms with E-state index in [-0.39, 0.29) is 5.56 Å². The first-order chi connectivity index (χ1) is 6.33. The van der Waals surface area contributed by atoms with Gasteiger partial charge in [-0.05, 0) is 13.0 Å². The van der Waals surface area contributed by atoms with Crippen LogP contribution in [-0.2, 0) is 19.6 Å². The topological polar surface area (TPSA) is 75.8 Å². The minimum Gasteiger partial charge on any atom is -0.330 e. The van der Waals surface area contributed by atoms with Gasteiger partial charge in [0.2, 0.25) is 0 Å². The second-order valence-corrected chi connectivity index (χ2v) is 3.27. The molecule has 72 valence electrons. The van der Waals surface area contributed by atoms with Gasteiger partial charge in [-0.25, -0.2) is 0 Å². The molecule has 0 aromatic carbocycles.